The van der Waals surface area contributed by atoms with Crippen molar-refractivity contribution in [1.29, 1.82) is 0 Å². The maximum atomic E-state index is 12.8. The highest BCUT2D eigenvalue weighted by Crippen LogP contribution is 2.45. The topological polar surface area (TPSA) is 92.9 Å². The fourth-order valence-corrected chi connectivity index (χ4v) is 3.14. The standard InChI is InChI=1S/C15H28N2O4/c1-10-12(16)6-5-11(15(10,2)3)14(20)17(7-8-21-4)9-13(18)19/h10-12H,5-9,16H2,1-4H3,(H,18,19). The number of methoxy groups -OCH3 is 1. The summed E-state index contributed by atoms with van der Waals surface area (Å²) in [7, 11) is 1.54. The van der Waals surface area contributed by atoms with Crippen molar-refractivity contribution in [2.75, 3.05) is 26.8 Å². The highest BCUT2D eigenvalue weighted by Gasteiger charge is 2.46. The van der Waals surface area contributed by atoms with E-state index in [4.69, 9.17) is 15.6 Å². The Morgan fingerprint density at radius 2 is 2.00 bits per heavy atom. The van der Waals surface area contributed by atoms with Crippen molar-refractivity contribution in [3.05, 3.63) is 0 Å². The van der Waals surface area contributed by atoms with Crippen molar-refractivity contribution in [3.8, 4) is 0 Å². The molecule has 1 saturated carbocycles. The van der Waals surface area contributed by atoms with Crippen LogP contribution >= 0.6 is 0 Å². The van der Waals surface area contributed by atoms with Crippen molar-refractivity contribution >= 4 is 11.9 Å². The fourth-order valence-electron chi connectivity index (χ4n) is 3.14. The molecule has 0 aromatic carbocycles. The summed E-state index contributed by atoms with van der Waals surface area (Å²) in [5.74, 6) is -1.08. The van der Waals surface area contributed by atoms with E-state index >= 15 is 0 Å². The van der Waals surface area contributed by atoms with Crippen LogP contribution in [0.3, 0.4) is 0 Å². The number of carbonyl (C=O) groups is 2. The number of carbonyl (C=O) groups excluding carboxylic acids is 1. The van der Waals surface area contributed by atoms with E-state index in [2.05, 4.69) is 20.8 Å². The molecule has 1 rings (SSSR count). The third-order valence-electron chi connectivity index (χ3n) is 5.00. The summed E-state index contributed by atoms with van der Waals surface area (Å²) in [6, 6.07) is 0.0935. The van der Waals surface area contributed by atoms with Gasteiger partial charge in [0.25, 0.3) is 0 Å². The minimum Gasteiger partial charge on any atom is -0.480 e. The van der Waals surface area contributed by atoms with Gasteiger partial charge in [-0.1, -0.05) is 20.8 Å². The number of hydrogen-bond acceptors (Lipinski definition) is 4. The second-order valence-electron chi connectivity index (χ2n) is 6.55. The largest absolute Gasteiger partial charge is 0.480 e. The average Bonchev–Trinajstić information content (AvgIpc) is 2.40. The molecule has 3 atom stereocenters. The van der Waals surface area contributed by atoms with Gasteiger partial charge in [0.05, 0.1) is 6.61 Å². The van der Waals surface area contributed by atoms with Gasteiger partial charge in [-0.15, -0.1) is 0 Å². The van der Waals surface area contributed by atoms with Crippen LogP contribution < -0.4 is 5.73 Å². The summed E-state index contributed by atoms with van der Waals surface area (Å²) < 4.78 is 4.97. The molecule has 3 unspecified atom stereocenters. The van der Waals surface area contributed by atoms with E-state index in [9.17, 15) is 9.59 Å². The summed E-state index contributed by atoms with van der Waals surface area (Å²) in [4.78, 5) is 25.1. The molecule has 0 aromatic heterocycles. The molecule has 1 aliphatic rings. The molecule has 21 heavy (non-hydrogen) atoms. The van der Waals surface area contributed by atoms with Crippen LogP contribution in [0.1, 0.15) is 33.6 Å². The maximum Gasteiger partial charge on any atom is 0.323 e. The van der Waals surface area contributed by atoms with E-state index in [0.29, 0.717) is 19.6 Å². The van der Waals surface area contributed by atoms with Crippen LogP contribution in [-0.4, -0.2) is 54.7 Å². The number of nitrogens with two attached hydrogens (primary N) is 1. The Kier molecular flexibility index (Phi) is 6.16. The molecule has 0 aliphatic heterocycles. The highest BCUT2D eigenvalue weighted by molar-refractivity contribution is 5.83. The molecule has 6 heteroatoms. The molecule has 1 amide bonds. The van der Waals surface area contributed by atoms with Gasteiger partial charge in [0.2, 0.25) is 5.91 Å². The van der Waals surface area contributed by atoms with Gasteiger partial charge in [-0.3, -0.25) is 9.59 Å². The first-order valence-corrected chi connectivity index (χ1v) is 7.46. The molecule has 122 valence electrons. The lowest BCUT2D eigenvalue weighted by Gasteiger charge is -2.47. The first-order valence-electron chi connectivity index (χ1n) is 7.46. The van der Waals surface area contributed by atoms with E-state index in [1.54, 1.807) is 0 Å². The van der Waals surface area contributed by atoms with Crippen LogP contribution in [0, 0.1) is 17.3 Å². The molecule has 0 heterocycles. The minimum absolute atomic E-state index is 0.0935. The van der Waals surface area contributed by atoms with E-state index in [-0.39, 0.29) is 35.7 Å². The van der Waals surface area contributed by atoms with Crippen molar-refractivity contribution in [1.82, 2.24) is 4.90 Å². The first kappa shape index (κ1) is 17.9. The average molecular weight is 300 g/mol. The monoisotopic (exact) mass is 300 g/mol. The summed E-state index contributed by atoms with van der Waals surface area (Å²) in [5.41, 5.74) is 5.88. The Hall–Kier alpha value is -1.14. The smallest absolute Gasteiger partial charge is 0.323 e. The first-order chi connectivity index (χ1) is 9.71. The van der Waals surface area contributed by atoms with Crippen LogP contribution in [0.4, 0.5) is 0 Å². The lowest BCUT2D eigenvalue weighted by molar-refractivity contribution is -0.151. The summed E-state index contributed by atoms with van der Waals surface area (Å²) >= 11 is 0. The van der Waals surface area contributed by atoms with E-state index in [0.717, 1.165) is 6.42 Å². The van der Waals surface area contributed by atoms with Gasteiger partial charge in [0, 0.05) is 25.6 Å². The summed E-state index contributed by atoms with van der Waals surface area (Å²) in [5, 5.41) is 9.00. The predicted molar refractivity (Wildman–Crippen MR) is 79.7 cm³/mol. The number of hydrogen-bond donors (Lipinski definition) is 2. The second kappa shape index (κ2) is 7.22. The number of carboxylic acid groups (broad SMARTS) is 1. The number of carboxylic acids is 1. The van der Waals surface area contributed by atoms with Gasteiger partial charge in [-0.25, -0.2) is 0 Å². The molecule has 0 saturated heterocycles. The molecule has 0 bridgehead atoms. The zero-order chi connectivity index (χ0) is 16.2. The lowest BCUT2D eigenvalue weighted by atomic mass is 9.60. The van der Waals surface area contributed by atoms with Crippen LogP contribution in [0.25, 0.3) is 0 Å². The zero-order valence-corrected chi connectivity index (χ0v) is 13.5. The van der Waals surface area contributed by atoms with Crippen molar-refractivity contribution < 1.29 is 19.4 Å². The Morgan fingerprint density at radius 3 is 2.52 bits per heavy atom. The van der Waals surface area contributed by atoms with Crippen molar-refractivity contribution in [3.63, 3.8) is 0 Å². The SMILES string of the molecule is COCCN(CC(=O)O)C(=O)C1CCC(N)C(C)C1(C)C. The van der Waals surface area contributed by atoms with Crippen LogP contribution in [0.15, 0.2) is 0 Å². The predicted octanol–water partition coefficient (Wildman–Crippen LogP) is 0.946. The molecule has 0 spiro atoms. The van der Waals surface area contributed by atoms with Gasteiger partial charge in [0.1, 0.15) is 6.54 Å². The Bertz CT molecular complexity index is 384. The van der Waals surface area contributed by atoms with E-state index in [1.807, 2.05) is 0 Å². The van der Waals surface area contributed by atoms with Crippen LogP contribution in [-0.2, 0) is 14.3 Å². The summed E-state index contributed by atoms with van der Waals surface area (Å²) in [6.45, 7) is 6.52. The molecule has 6 nitrogen and oxygen atoms in total. The molecule has 1 fully saturated rings. The number of amides is 1. The number of nitrogens with zero attached hydrogens (tertiary/aromatic N) is 1. The van der Waals surface area contributed by atoms with E-state index < -0.39 is 5.97 Å². The van der Waals surface area contributed by atoms with Gasteiger partial charge >= 0.3 is 5.97 Å². The van der Waals surface area contributed by atoms with Crippen molar-refractivity contribution in [2.24, 2.45) is 23.0 Å². The van der Waals surface area contributed by atoms with Gasteiger partial charge in [-0.05, 0) is 24.2 Å². The lowest BCUT2D eigenvalue weighted by Crippen LogP contribution is -2.53. The quantitative estimate of drug-likeness (QED) is 0.761. The molecule has 0 aromatic rings. The molecule has 1 aliphatic carbocycles. The van der Waals surface area contributed by atoms with E-state index in [1.165, 1.54) is 12.0 Å². The van der Waals surface area contributed by atoms with Gasteiger partial charge < -0.3 is 20.5 Å². The number of aliphatic carboxylic acids is 1. The zero-order valence-electron chi connectivity index (χ0n) is 13.5. The maximum absolute atomic E-state index is 12.8. The molecule has 0 radical (unpaired) electrons. The molecular formula is C15H28N2O4. The molecule has 3 N–H and O–H groups in total. The van der Waals surface area contributed by atoms with Crippen molar-refractivity contribution in [2.45, 2.75) is 39.7 Å². The third-order valence-corrected chi connectivity index (χ3v) is 5.00. The Morgan fingerprint density at radius 1 is 1.38 bits per heavy atom. The van der Waals surface area contributed by atoms with Crippen LogP contribution in [0.2, 0.25) is 0 Å². The Balaban J connectivity index is 2.88. The second-order valence-corrected chi connectivity index (χ2v) is 6.55. The molecular weight excluding hydrogens is 272 g/mol. The Labute approximate surface area is 126 Å². The fraction of sp³-hybridized carbons (Fsp3) is 0.867. The minimum atomic E-state index is -1.00. The van der Waals surface area contributed by atoms with Crippen LogP contribution in [0.5, 0.6) is 0 Å². The van der Waals surface area contributed by atoms with Gasteiger partial charge in [-0.2, -0.15) is 0 Å². The third kappa shape index (κ3) is 4.17. The normalized spacial score (nSPS) is 28.1. The highest BCUT2D eigenvalue weighted by atomic mass is 16.5. The number of rotatable bonds is 6. The number of ether oxygens (including phenoxy) is 1. The summed E-state index contributed by atoms with van der Waals surface area (Å²) in [6.07, 6.45) is 1.51. The van der Waals surface area contributed by atoms with Gasteiger partial charge in [0.15, 0.2) is 0 Å².